The number of hydrogen-bond donors (Lipinski definition) is 1. The van der Waals surface area contributed by atoms with Crippen LogP contribution in [0.2, 0.25) is 0 Å². The molecule has 0 aromatic heterocycles. The van der Waals surface area contributed by atoms with E-state index in [4.69, 9.17) is 9.47 Å². The average molecular weight is 299 g/mol. The number of carbonyl (C=O) groups excluding carboxylic acids is 2. The molecule has 0 aromatic carbocycles. The molecule has 1 N–H and O–H groups in total. The minimum absolute atomic E-state index is 0.0224. The number of hydrogen-bond acceptors (Lipinski definition) is 4. The van der Waals surface area contributed by atoms with Crippen molar-refractivity contribution in [2.45, 2.75) is 60.1 Å². The lowest BCUT2D eigenvalue weighted by Crippen LogP contribution is -2.63. The van der Waals surface area contributed by atoms with Gasteiger partial charge in [-0.15, -0.1) is 0 Å². The molecule has 1 saturated carbocycles. The molecular weight excluding hydrogens is 270 g/mol. The van der Waals surface area contributed by atoms with Crippen LogP contribution in [0, 0.1) is 16.7 Å². The Bertz CT molecular complexity index is 398. The molecule has 0 aromatic rings. The van der Waals surface area contributed by atoms with Crippen molar-refractivity contribution in [3.05, 3.63) is 0 Å². The molecule has 1 fully saturated rings. The van der Waals surface area contributed by atoms with Crippen LogP contribution in [0.25, 0.3) is 0 Å². The number of carbonyl (C=O) groups is 2. The highest BCUT2D eigenvalue weighted by Gasteiger charge is 2.50. The van der Waals surface area contributed by atoms with Gasteiger partial charge in [-0.05, 0) is 18.8 Å². The van der Waals surface area contributed by atoms with Crippen molar-refractivity contribution in [2.24, 2.45) is 16.7 Å². The summed E-state index contributed by atoms with van der Waals surface area (Å²) >= 11 is 0. The van der Waals surface area contributed by atoms with E-state index in [0.717, 1.165) is 6.42 Å². The Labute approximate surface area is 127 Å². The van der Waals surface area contributed by atoms with Crippen LogP contribution in [-0.4, -0.2) is 37.7 Å². The standard InChI is InChI=1S/C16H29NO4/c1-8-21-14(19)12(15(2,3)4)13(18)17-10-9-11(20-7)16(10,5)6/h10-12H,8-9H2,1-7H3,(H,17,18). The molecule has 21 heavy (non-hydrogen) atoms. The van der Waals surface area contributed by atoms with Gasteiger partial charge in [0.15, 0.2) is 0 Å². The zero-order valence-corrected chi connectivity index (χ0v) is 14.3. The number of nitrogens with one attached hydrogen (secondary N) is 1. The van der Waals surface area contributed by atoms with E-state index in [-0.39, 0.29) is 30.1 Å². The quantitative estimate of drug-likeness (QED) is 0.624. The van der Waals surface area contributed by atoms with E-state index in [9.17, 15) is 9.59 Å². The lowest BCUT2D eigenvalue weighted by molar-refractivity contribution is -0.159. The first-order chi connectivity index (χ1) is 9.55. The fraction of sp³-hybridized carbons (Fsp3) is 0.875. The molecule has 3 atom stereocenters. The Balaban J connectivity index is 2.78. The van der Waals surface area contributed by atoms with E-state index < -0.39 is 17.3 Å². The average Bonchev–Trinajstić information content (AvgIpc) is 2.32. The van der Waals surface area contributed by atoms with Gasteiger partial charge in [0.2, 0.25) is 5.91 Å². The van der Waals surface area contributed by atoms with Crippen molar-refractivity contribution < 1.29 is 19.1 Å². The molecule has 5 nitrogen and oxygen atoms in total. The molecule has 0 spiro atoms. The monoisotopic (exact) mass is 299 g/mol. The first kappa shape index (κ1) is 18.0. The Hall–Kier alpha value is -1.10. The number of amides is 1. The van der Waals surface area contributed by atoms with Crippen LogP contribution < -0.4 is 5.32 Å². The summed E-state index contributed by atoms with van der Waals surface area (Å²) in [7, 11) is 1.68. The van der Waals surface area contributed by atoms with Gasteiger partial charge in [-0.25, -0.2) is 0 Å². The highest BCUT2D eigenvalue weighted by molar-refractivity contribution is 5.98. The van der Waals surface area contributed by atoms with Crippen LogP contribution in [0.1, 0.15) is 48.0 Å². The van der Waals surface area contributed by atoms with Crippen LogP contribution in [0.3, 0.4) is 0 Å². The molecule has 1 rings (SSSR count). The minimum Gasteiger partial charge on any atom is -0.465 e. The first-order valence-electron chi connectivity index (χ1n) is 7.55. The van der Waals surface area contributed by atoms with Crippen LogP contribution in [0.4, 0.5) is 0 Å². The molecule has 5 heteroatoms. The second-order valence-electron chi connectivity index (χ2n) is 7.39. The van der Waals surface area contributed by atoms with E-state index in [0.29, 0.717) is 0 Å². The molecule has 0 saturated heterocycles. The summed E-state index contributed by atoms with van der Waals surface area (Å²) in [6.07, 6.45) is 0.910. The zero-order chi connectivity index (χ0) is 16.4. The fourth-order valence-electron chi connectivity index (χ4n) is 2.86. The number of esters is 1. The van der Waals surface area contributed by atoms with E-state index in [1.807, 2.05) is 20.8 Å². The van der Waals surface area contributed by atoms with Gasteiger partial charge in [0.25, 0.3) is 0 Å². The molecule has 0 bridgehead atoms. The lowest BCUT2D eigenvalue weighted by atomic mass is 9.64. The van der Waals surface area contributed by atoms with Crippen molar-refractivity contribution in [3.63, 3.8) is 0 Å². The van der Waals surface area contributed by atoms with Gasteiger partial charge in [-0.2, -0.15) is 0 Å². The lowest BCUT2D eigenvalue weighted by Gasteiger charge is -2.51. The smallest absolute Gasteiger partial charge is 0.319 e. The summed E-state index contributed by atoms with van der Waals surface area (Å²) in [6, 6.07) is 0.0224. The summed E-state index contributed by atoms with van der Waals surface area (Å²) in [5.41, 5.74) is -0.605. The predicted octanol–water partition coefficient (Wildman–Crippen LogP) is 2.14. The normalized spacial score (nSPS) is 25.7. The highest BCUT2D eigenvalue weighted by Crippen LogP contribution is 2.42. The van der Waals surface area contributed by atoms with Crippen LogP contribution in [0.5, 0.6) is 0 Å². The van der Waals surface area contributed by atoms with E-state index >= 15 is 0 Å². The largest absolute Gasteiger partial charge is 0.465 e. The zero-order valence-electron chi connectivity index (χ0n) is 14.3. The molecule has 122 valence electrons. The summed E-state index contributed by atoms with van der Waals surface area (Å²) in [5, 5.41) is 3.00. The number of ether oxygens (including phenoxy) is 2. The van der Waals surface area contributed by atoms with Gasteiger partial charge in [0, 0.05) is 18.6 Å². The van der Waals surface area contributed by atoms with E-state index in [1.165, 1.54) is 0 Å². The topological polar surface area (TPSA) is 64.6 Å². The van der Waals surface area contributed by atoms with Crippen molar-refractivity contribution in [2.75, 3.05) is 13.7 Å². The number of rotatable bonds is 5. The minimum atomic E-state index is -0.796. The molecule has 1 aliphatic rings. The SMILES string of the molecule is CCOC(=O)C(C(=O)NC1CC(OC)C1(C)C)C(C)(C)C. The third kappa shape index (κ3) is 3.76. The van der Waals surface area contributed by atoms with Crippen LogP contribution in [-0.2, 0) is 19.1 Å². The van der Waals surface area contributed by atoms with Gasteiger partial charge in [-0.1, -0.05) is 34.6 Å². The van der Waals surface area contributed by atoms with Crippen molar-refractivity contribution >= 4 is 11.9 Å². The Morgan fingerprint density at radius 3 is 2.29 bits per heavy atom. The van der Waals surface area contributed by atoms with Gasteiger partial charge in [0.05, 0.1) is 12.7 Å². The van der Waals surface area contributed by atoms with Gasteiger partial charge < -0.3 is 14.8 Å². The maximum atomic E-state index is 12.5. The number of methoxy groups -OCH3 is 1. The maximum absolute atomic E-state index is 12.5. The summed E-state index contributed by atoms with van der Waals surface area (Å²) in [5.74, 6) is -1.51. The van der Waals surface area contributed by atoms with Crippen molar-refractivity contribution in [3.8, 4) is 0 Å². The van der Waals surface area contributed by atoms with Crippen LogP contribution in [0.15, 0.2) is 0 Å². The summed E-state index contributed by atoms with van der Waals surface area (Å²) in [6.45, 7) is 11.8. The van der Waals surface area contributed by atoms with Gasteiger partial charge in [0.1, 0.15) is 5.92 Å². The third-order valence-electron chi connectivity index (χ3n) is 4.43. The van der Waals surface area contributed by atoms with Gasteiger partial charge in [-0.3, -0.25) is 9.59 Å². The third-order valence-corrected chi connectivity index (χ3v) is 4.43. The molecule has 0 aliphatic heterocycles. The molecule has 0 heterocycles. The molecular formula is C16H29NO4. The second-order valence-corrected chi connectivity index (χ2v) is 7.39. The van der Waals surface area contributed by atoms with Crippen LogP contribution >= 0.6 is 0 Å². The molecule has 3 unspecified atom stereocenters. The van der Waals surface area contributed by atoms with Crippen molar-refractivity contribution in [1.29, 1.82) is 0 Å². The highest BCUT2D eigenvalue weighted by atomic mass is 16.5. The molecule has 0 radical (unpaired) electrons. The summed E-state index contributed by atoms with van der Waals surface area (Å²) < 4.78 is 10.4. The Morgan fingerprint density at radius 2 is 1.90 bits per heavy atom. The molecule has 1 amide bonds. The fourth-order valence-corrected chi connectivity index (χ4v) is 2.86. The van der Waals surface area contributed by atoms with Crippen molar-refractivity contribution in [1.82, 2.24) is 5.32 Å². The van der Waals surface area contributed by atoms with E-state index in [1.54, 1.807) is 14.0 Å². The Morgan fingerprint density at radius 1 is 1.33 bits per heavy atom. The molecule has 1 aliphatic carbocycles. The summed E-state index contributed by atoms with van der Waals surface area (Å²) in [4.78, 5) is 24.6. The first-order valence-corrected chi connectivity index (χ1v) is 7.55. The van der Waals surface area contributed by atoms with Gasteiger partial charge >= 0.3 is 5.97 Å². The maximum Gasteiger partial charge on any atom is 0.319 e. The predicted molar refractivity (Wildman–Crippen MR) is 80.7 cm³/mol. The second kappa shape index (κ2) is 6.34. The van der Waals surface area contributed by atoms with E-state index in [2.05, 4.69) is 19.2 Å². The Kier molecular flexibility index (Phi) is 5.42.